The highest BCUT2D eigenvalue weighted by Gasteiger charge is 2.47. The number of halogens is 1. The zero-order chi connectivity index (χ0) is 19.7. The van der Waals surface area contributed by atoms with E-state index < -0.39 is 5.60 Å². The second-order valence-electron chi connectivity index (χ2n) is 8.01. The van der Waals surface area contributed by atoms with Crippen molar-refractivity contribution in [3.8, 4) is 0 Å². The average molecular weight is 399 g/mol. The van der Waals surface area contributed by atoms with Gasteiger partial charge >= 0.3 is 0 Å². The van der Waals surface area contributed by atoms with Crippen molar-refractivity contribution < 1.29 is 9.90 Å². The minimum atomic E-state index is -0.932. The van der Waals surface area contributed by atoms with Crippen LogP contribution in [0.5, 0.6) is 0 Å². The Morgan fingerprint density at radius 1 is 1.11 bits per heavy atom. The number of piperidine rings is 1. The molecule has 2 heterocycles. The summed E-state index contributed by atoms with van der Waals surface area (Å²) in [6, 6.07) is 15.3. The standard InChI is InChI=1S/C23H27ClN2O2/c1-17-15-18(9-10-20(17)24)22(27)26-14-11-23(28,19-7-3-2-4-8-19)21(16-26)25-12-5-6-13-25/h2-4,7-10,15,21,28H,5-6,11-14,16H2,1H3/t21-,23+/m1/s1. The molecule has 0 unspecified atom stereocenters. The smallest absolute Gasteiger partial charge is 0.253 e. The van der Waals surface area contributed by atoms with E-state index in [-0.39, 0.29) is 11.9 Å². The maximum atomic E-state index is 13.2. The Morgan fingerprint density at radius 3 is 2.50 bits per heavy atom. The van der Waals surface area contributed by atoms with Crippen LogP contribution < -0.4 is 0 Å². The monoisotopic (exact) mass is 398 g/mol. The SMILES string of the molecule is Cc1cc(C(=O)N2CC[C@](O)(c3ccccc3)[C@H](N3CCCC3)C2)ccc1Cl. The lowest BCUT2D eigenvalue weighted by atomic mass is 9.79. The van der Waals surface area contributed by atoms with Crippen LogP contribution in [0.25, 0.3) is 0 Å². The lowest BCUT2D eigenvalue weighted by Gasteiger charge is -2.48. The molecule has 2 aliphatic heterocycles. The van der Waals surface area contributed by atoms with E-state index in [0.29, 0.717) is 30.1 Å². The third-order valence-corrected chi connectivity index (χ3v) is 6.68. The maximum Gasteiger partial charge on any atom is 0.253 e. The van der Waals surface area contributed by atoms with Gasteiger partial charge in [-0.3, -0.25) is 9.69 Å². The molecule has 2 saturated heterocycles. The van der Waals surface area contributed by atoms with Crippen molar-refractivity contribution in [2.45, 2.75) is 37.8 Å². The Bertz CT molecular complexity index is 851. The summed E-state index contributed by atoms with van der Waals surface area (Å²) in [7, 11) is 0. The number of hydrogen-bond acceptors (Lipinski definition) is 3. The zero-order valence-electron chi connectivity index (χ0n) is 16.3. The number of amides is 1. The summed E-state index contributed by atoms with van der Waals surface area (Å²) in [6.07, 6.45) is 2.83. The molecule has 0 aromatic heterocycles. The van der Waals surface area contributed by atoms with Crippen LogP contribution in [-0.4, -0.2) is 53.0 Å². The van der Waals surface area contributed by atoms with Gasteiger partial charge in [-0.15, -0.1) is 0 Å². The Kier molecular flexibility index (Phi) is 5.46. The van der Waals surface area contributed by atoms with Crippen LogP contribution in [0.3, 0.4) is 0 Å². The largest absolute Gasteiger partial charge is 0.383 e. The molecule has 2 aliphatic rings. The van der Waals surface area contributed by atoms with Crippen molar-refractivity contribution in [1.29, 1.82) is 0 Å². The number of carbonyl (C=O) groups excluding carboxylic acids is 1. The summed E-state index contributed by atoms with van der Waals surface area (Å²) in [4.78, 5) is 17.4. The number of rotatable bonds is 3. The molecule has 2 atom stereocenters. The fourth-order valence-electron chi connectivity index (χ4n) is 4.60. The third-order valence-electron chi connectivity index (χ3n) is 6.25. The Hall–Kier alpha value is -1.88. The molecule has 0 bridgehead atoms. The highest BCUT2D eigenvalue weighted by Crippen LogP contribution is 2.37. The van der Waals surface area contributed by atoms with Crippen LogP contribution in [0.15, 0.2) is 48.5 Å². The van der Waals surface area contributed by atoms with Crippen LogP contribution in [0.4, 0.5) is 0 Å². The molecule has 0 saturated carbocycles. The normalized spacial score (nSPS) is 25.8. The van der Waals surface area contributed by atoms with Crippen molar-refractivity contribution in [3.63, 3.8) is 0 Å². The lowest BCUT2D eigenvalue weighted by Crippen LogP contribution is -2.61. The molecule has 1 amide bonds. The molecular weight excluding hydrogens is 372 g/mol. The molecular formula is C23H27ClN2O2. The van der Waals surface area contributed by atoms with Crippen molar-refractivity contribution in [2.24, 2.45) is 0 Å². The number of benzene rings is 2. The van der Waals surface area contributed by atoms with Crippen LogP contribution in [0.2, 0.25) is 5.02 Å². The van der Waals surface area contributed by atoms with Gasteiger partial charge in [-0.1, -0.05) is 41.9 Å². The fourth-order valence-corrected chi connectivity index (χ4v) is 4.72. The molecule has 28 heavy (non-hydrogen) atoms. The summed E-state index contributed by atoms with van der Waals surface area (Å²) in [5.41, 5.74) is 1.58. The van der Waals surface area contributed by atoms with Gasteiger partial charge in [0.25, 0.3) is 5.91 Å². The maximum absolute atomic E-state index is 13.2. The molecule has 0 radical (unpaired) electrons. The molecule has 4 rings (SSSR count). The minimum Gasteiger partial charge on any atom is -0.383 e. The highest BCUT2D eigenvalue weighted by atomic mass is 35.5. The molecule has 1 N–H and O–H groups in total. The van der Waals surface area contributed by atoms with Gasteiger partial charge in [0.2, 0.25) is 0 Å². The van der Waals surface area contributed by atoms with Gasteiger partial charge in [-0.25, -0.2) is 0 Å². The van der Waals surface area contributed by atoms with Crippen molar-refractivity contribution in [1.82, 2.24) is 9.80 Å². The number of hydrogen-bond donors (Lipinski definition) is 1. The molecule has 0 aliphatic carbocycles. The zero-order valence-corrected chi connectivity index (χ0v) is 17.0. The van der Waals surface area contributed by atoms with Gasteiger partial charge < -0.3 is 10.0 Å². The number of likely N-dealkylation sites (tertiary alicyclic amines) is 2. The van der Waals surface area contributed by atoms with Gasteiger partial charge in [0.05, 0.1) is 6.04 Å². The summed E-state index contributed by atoms with van der Waals surface area (Å²) in [5, 5.41) is 12.4. The summed E-state index contributed by atoms with van der Waals surface area (Å²) >= 11 is 6.12. The first-order valence-electron chi connectivity index (χ1n) is 10.1. The van der Waals surface area contributed by atoms with Gasteiger partial charge in [-0.2, -0.15) is 0 Å². The van der Waals surface area contributed by atoms with Crippen LogP contribution in [0.1, 0.15) is 40.7 Å². The lowest BCUT2D eigenvalue weighted by molar-refractivity contribution is -0.0878. The highest BCUT2D eigenvalue weighted by molar-refractivity contribution is 6.31. The minimum absolute atomic E-state index is 0.0130. The van der Waals surface area contributed by atoms with Gasteiger partial charge in [0.1, 0.15) is 5.60 Å². The van der Waals surface area contributed by atoms with E-state index in [1.807, 2.05) is 48.2 Å². The Morgan fingerprint density at radius 2 is 1.82 bits per heavy atom. The first-order chi connectivity index (χ1) is 13.5. The molecule has 5 heteroatoms. The number of aliphatic hydroxyl groups is 1. The second kappa shape index (κ2) is 7.86. The van der Waals surface area contributed by atoms with E-state index in [1.165, 1.54) is 0 Å². The predicted molar refractivity (Wildman–Crippen MR) is 112 cm³/mol. The second-order valence-corrected chi connectivity index (χ2v) is 8.42. The van der Waals surface area contributed by atoms with E-state index in [9.17, 15) is 9.90 Å². The first kappa shape index (κ1) is 19.4. The van der Waals surface area contributed by atoms with E-state index in [2.05, 4.69) is 4.90 Å². The third kappa shape index (κ3) is 3.57. The van der Waals surface area contributed by atoms with Gasteiger partial charge in [-0.05, 0) is 68.6 Å². The topological polar surface area (TPSA) is 43.8 Å². The summed E-state index contributed by atoms with van der Waals surface area (Å²) in [5.74, 6) is 0.0130. The molecule has 2 aromatic carbocycles. The predicted octanol–water partition coefficient (Wildman–Crippen LogP) is 3.85. The number of nitrogens with zero attached hydrogens (tertiary/aromatic N) is 2. The van der Waals surface area contributed by atoms with Crippen molar-refractivity contribution in [3.05, 3.63) is 70.2 Å². The Balaban J connectivity index is 1.62. The van der Waals surface area contributed by atoms with E-state index in [0.717, 1.165) is 37.1 Å². The Labute approximate surface area is 171 Å². The first-order valence-corrected chi connectivity index (χ1v) is 10.4. The van der Waals surface area contributed by atoms with Crippen molar-refractivity contribution >= 4 is 17.5 Å². The number of carbonyl (C=O) groups is 1. The molecule has 2 aromatic rings. The van der Waals surface area contributed by atoms with Crippen LogP contribution >= 0.6 is 11.6 Å². The van der Waals surface area contributed by atoms with Gasteiger partial charge in [0.15, 0.2) is 0 Å². The molecule has 0 spiro atoms. The molecule has 4 nitrogen and oxygen atoms in total. The molecule has 148 valence electrons. The van der Waals surface area contributed by atoms with Crippen LogP contribution in [-0.2, 0) is 5.60 Å². The average Bonchev–Trinajstić information content (AvgIpc) is 3.25. The van der Waals surface area contributed by atoms with E-state index >= 15 is 0 Å². The van der Waals surface area contributed by atoms with Gasteiger partial charge in [0, 0.05) is 23.7 Å². The van der Waals surface area contributed by atoms with E-state index in [1.54, 1.807) is 12.1 Å². The van der Waals surface area contributed by atoms with Crippen LogP contribution in [0, 0.1) is 6.92 Å². The summed E-state index contributed by atoms with van der Waals surface area (Å²) < 4.78 is 0. The fraction of sp³-hybridized carbons (Fsp3) is 0.435. The summed E-state index contributed by atoms with van der Waals surface area (Å²) in [6.45, 7) is 4.93. The quantitative estimate of drug-likeness (QED) is 0.854. The van der Waals surface area contributed by atoms with Crippen molar-refractivity contribution in [2.75, 3.05) is 26.2 Å². The number of aryl methyl sites for hydroxylation is 1. The molecule has 2 fully saturated rings. The van der Waals surface area contributed by atoms with E-state index in [4.69, 9.17) is 11.6 Å².